The van der Waals surface area contributed by atoms with E-state index < -0.39 is 6.04 Å². The molecule has 0 aliphatic carbocycles. The van der Waals surface area contributed by atoms with Crippen LogP contribution in [0.5, 0.6) is 0 Å². The van der Waals surface area contributed by atoms with Gasteiger partial charge >= 0.3 is 6.03 Å². The summed E-state index contributed by atoms with van der Waals surface area (Å²) < 4.78 is 0. The number of urea groups is 1. The number of amides is 4. The van der Waals surface area contributed by atoms with Gasteiger partial charge in [-0.2, -0.15) is 0 Å². The monoisotopic (exact) mass is 516 g/mol. The Balaban J connectivity index is 1.43. The molecule has 0 aromatic heterocycles. The van der Waals surface area contributed by atoms with Crippen molar-refractivity contribution in [3.8, 4) is 0 Å². The SMILES string of the molecule is O=C(N[C@H](C(=O)N1CCCCC1)C1CCN(C(=O)Nc2cccc(Cl)c2)CC1)c1ccccc1Cl. The highest BCUT2D eigenvalue weighted by molar-refractivity contribution is 6.33. The highest BCUT2D eigenvalue weighted by Crippen LogP contribution is 2.25. The van der Waals surface area contributed by atoms with Crippen LogP contribution in [-0.2, 0) is 4.79 Å². The zero-order chi connectivity index (χ0) is 24.8. The lowest BCUT2D eigenvalue weighted by Gasteiger charge is -2.38. The van der Waals surface area contributed by atoms with Crippen LogP contribution in [-0.4, -0.2) is 59.9 Å². The first-order valence-electron chi connectivity index (χ1n) is 12.1. The molecule has 2 N–H and O–H groups in total. The van der Waals surface area contributed by atoms with E-state index in [-0.39, 0.29) is 23.8 Å². The van der Waals surface area contributed by atoms with Gasteiger partial charge in [0.05, 0.1) is 10.6 Å². The number of anilines is 1. The fourth-order valence-corrected chi connectivity index (χ4v) is 5.17. The van der Waals surface area contributed by atoms with Crippen molar-refractivity contribution in [2.24, 2.45) is 5.92 Å². The number of nitrogens with zero attached hydrogens (tertiary/aromatic N) is 2. The summed E-state index contributed by atoms with van der Waals surface area (Å²) in [7, 11) is 0. The minimum absolute atomic E-state index is 0.0491. The van der Waals surface area contributed by atoms with E-state index in [0.29, 0.717) is 60.3 Å². The first kappa shape index (κ1) is 25.3. The molecule has 7 nitrogen and oxygen atoms in total. The van der Waals surface area contributed by atoms with E-state index in [1.807, 2.05) is 4.90 Å². The molecule has 2 aromatic carbocycles. The normalized spacial score (nSPS) is 17.5. The van der Waals surface area contributed by atoms with Crippen LogP contribution >= 0.6 is 23.2 Å². The molecule has 4 rings (SSSR count). The summed E-state index contributed by atoms with van der Waals surface area (Å²) in [5, 5.41) is 6.76. The number of carbonyl (C=O) groups excluding carboxylic acids is 3. The summed E-state index contributed by atoms with van der Waals surface area (Å²) in [5.41, 5.74) is 0.985. The van der Waals surface area contributed by atoms with E-state index >= 15 is 0 Å². The zero-order valence-corrected chi connectivity index (χ0v) is 21.0. The van der Waals surface area contributed by atoms with E-state index in [9.17, 15) is 14.4 Å². The van der Waals surface area contributed by atoms with Crippen LogP contribution in [0.2, 0.25) is 10.0 Å². The second-order valence-corrected chi connectivity index (χ2v) is 9.93. The van der Waals surface area contributed by atoms with E-state index in [1.54, 1.807) is 53.4 Å². The van der Waals surface area contributed by atoms with Crippen LogP contribution in [0.25, 0.3) is 0 Å². The van der Waals surface area contributed by atoms with E-state index in [4.69, 9.17) is 23.2 Å². The number of likely N-dealkylation sites (tertiary alicyclic amines) is 2. The largest absolute Gasteiger partial charge is 0.341 e. The summed E-state index contributed by atoms with van der Waals surface area (Å²) >= 11 is 12.2. The molecule has 0 radical (unpaired) electrons. The van der Waals surface area contributed by atoms with Gasteiger partial charge in [0.2, 0.25) is 5.91 Å². The second kappa shape index (κ2) is 11.8. The Bertz CT molecular complexity index is 1070. The Labute approximate surface area is 215 Å². The number of carbonyl (C=O) groups is 3. The average Bonchev–Trinajstić information content (AvgIpc) is 2.87. The minimum atomic E-state index is -0.657. The molecule has 0 spiro atoms. The Morgan fingerprint density at radius 1 is 0.857 bits per heavy atom. The first-order valence-corrected chi connectivity index (χ1v) is 12.8. The fraction of sp³-hybridized carbons (Fsp3) is 0.423. The van der Waals surface area contributed by atoms with Crippen molar-refractivity contribution in [1.29, 1.82) is 0 Å². The summed E-state index contributed by atoms with van der Waals surface area (Å²) in [6, 6.07) is 13.0. The minimum Gasteiger partial charge on any atom is -0.341 e. The van der Waals surface area contributed by atoms with Crippen LogP contribution in [0.1, 0.15) is 42.5 Å². The maximum atomic E-state index is 13.5. The van der Waals surface area contributed by atoms with Gasteiger partial charge < -0.3 is 20.4 Å². The van der Waals surface area contributed by atoms with Gasteiger partial charge in [0.1, 0.15) is 6.04 Å². The Kier molecular flexibility index (Phi) is 8.52. The Morgan fingerprint density at radius 3 is 2.26 bits per heavy atom. The summed E-state index contributed by atoms with van der Waals surface area (Å²) in [6.45, 7) is 2.39. The number of nitrogens with one attached hydrogen (secondary N) is 2. The standard InChI is InChI=1S/C26H30Cl2N4O3/c27-19-7-6-8-20(17-19)29-26(35)32-15-11-18(12-16-32)23(25(34)31-13-4-1-5-14-31)30-24(33)21-9-2-3-10-22(21)28/h2-3,6-10,17-18,23H,1,4-5,11-16H2,(H,29,35)(H,30,33)/t23-/m0/s1. The van der Waals surface area contributed by atoms with Gasteiger partial charge in [-0.15, -0.1) is 0 Å². The molecular weight excluding hydrogens is 487 g/mol. The summed E-state index contributed by atoms with van der Waals surface area (Å²) in [6.07, 6.45) is 4.27. The van der Waals surface area contributed by atoms with Crippen molar-refractivity contribution in [2.45, 2.75) is 38.1 Å². The lowest BCUT2D eigenvalue weighted by atomic mass is 9.88. The van der Waals surface area contributed by atoms with Crippen molar-refractivity contribution in [3.05, 3.63) is 64.1 Å². The number of hydrogen-bond acceptors (Lipinski definition) is 3. The molecule has 2 saturated heterocycles. The predicted molar refractivity (Wildman–Crippen MR) is 138 cm³/mol. The van der Waals surface area contributed by atoms with Gasteiger partial charge in [-0.1, -0.05) is 41.4 Å². The molecule has 0 unspecified atom stereocenters. The predicted octanol–water partition coefficient (Wildman–Crippen LogP) is 5.05. The van der Waals surface area contributed by atoms with Crippen LogP contribution in [0.15, 0.2) is 48.5 Å². The molecule has 0 bridgehead atoms. The number of piperidine rings is 2. The highest BCUT2D eigenvalue weighted by atomic mass is 35.5. The van der Waals surface area contributed by atoms with Gasteiger partial charge in [0, 0.05) is 36.9 Å². The molecule has 4 amide bonds. The molecule has 9 heteroatoms. The van der Waals surface area contributed by atoms with Crippen molar-refractivity contribution >= 4 is 46.7 Å². The second-order valence-electron chi connectivity index (χ2n) is 9.08. The number of hydrogen-bond donors (Lipinski definition) is 2. The average molecular weight is 517 g/mol. The van der Waals surface area contributed by atoms with Crippen molar-refractivity contribution in [2.75, 3.05) is 31.5 Å². The molecular formula is C26H30Cl2N4O3. The van der Waals surface area contributed by atoms with Gasteiger partial charge in [-0.3, -0.25) is 9.59 Å². The molecule has 2 heterocycles. The van der Waals surface area contributed by atoms with Gasteiger partial charge in [-0.25, -0.2) is 4.79 Å². The third-order valence-corrected chi connectivity index (χ3v) is 7.28. The molecule has 2 aliphatic rings. The topological polar surface area (TPSA) is 81.8 Å². The van der Waals surface area contributed by atoms with E-state index in [2.05, 4.69) is 10.6 Å². The molecule has 186 valence electrons. The molecule has 35 heavy (non-hydrogen) atoms. The molecule has 0 saturated carbocycles. The maximum absolute atomic E-state index is 13.5. The quantitative estimate of drug-likeness (QED) is 0.583. The molecule has 2 aliphatic heterocycles. The molecule has 2 aromatic rings. The number of halogens is 2. The summed E-state index contributed by atoms with van der Waals surface area (Å²) in [5.74, 6) is -0.481. The lowest BCUT2D eigenvalue weighted by Crippen LogP contribution is -2.55. The first-order chi connectivity index (χ1) is 16.9. The Morgan fingerprint density at radius 2 is 1.57 bits per heavy atom. The number of rotatable bonds is 5. The van der Waals surface area contributed by atoms with Crippen LogP contribution in [0, 0.1) is 5.92 Å². The summed E-state index contributed by atoms with van der Waals surface area (Å²) in [4.78, 5) is 42.9. The maximum Gasteiger partial charge on any atom is 0.321 e. The molecule has 1 atom stereocenters. The molecule has 2 fully saturated rings. The van der Waals surface area contributed by atoms with Crippen LogP contribution < -0.4 is 10.6 Å². The van der Waals surface area contributed by atoms with Gasteiger partial charge in [0.25, 0.3) is 5.91 Å². The van der Waals surface area contributed by atoms with Crippen LogP contribution in [0.4, 0.5) is 10.5 Å². The zero-order valence-electron chi connectivity index (χ0n) is 19.5. The van der Waals surface area contributed by atoms with Crippen molar-refractivity contribution < 1.29 is 14.4 Å². The number of benzene rings is 2. The highest BCUT2D eigenvalue weighted by Gasteiger charge is 2.36. The Hall–Kier alpha value is -2.77. The fourth-order valence-electron chi connectivity index (χ4n) is 4.76. The lowest BCUT2D eigenvalue weighted by molar-refractivity contribution is -0.136. The third kappa shape index (κ3) is 6.47. The van der Waals surface area contributed by atoms with Crippen molar-refractivity contribution in [3.63, 3.8) is 0 Å². The van der Waals surface area contributed by atoms with E-state index in [0.717, 1.165) is 19.3 Å². The smallest absolute Gasteiger partial charge is 0.321 e. The third-order valence-electron chi connectivity index (χ3n) is 6.71. The van der Waals surface area contributed by atoms with Gasteiger partial charge in [0.15, 0.2) is 0 Å². The van der Waals surface area contributed by atoms with E-state index in [1.165, 1.54) is 0 Å². The van der Waals surface area contributed by atoms with Crippen molar-refractivity contribution in [1.82, 2.24) is 15.1 Å². The van der Waals surface area contributed by atoms with Crippen LogP contribution in [0.3, 0.4) is 0 Å². The van der Waals surface area contributed by atoms with Gasteiger partial charge in [-0.05, 0) is 68.4 Å².